The fourth-order valence-electron chi connectivity index (χ4n) is 1.62. The van der Waals surface area contributed by atoms with Gasteiger partial charge in [-0.1, -0.05) is 0 Å². The van der Waals surface area contributed by atoms with E-state index in [0.29, 0.717) is 17.0 Å². The average Bonchev–Trinajstić information content (AvgIpc) is 2.98. The van der Waals surface area contributed by atoms with E-state index in [0.717, 1.165) is 0 Å². The summed E-state index contributed by atoms with van der Waals surface area (Å²) in [7, 11) is 1.40. The Labute approximate surface area is 115 Å². The Balaban J connectivity index is 2.10. The van der Waals surface area contributed by atoms with E-state index in [-0.39, 0.29) is 11.7 Å². The van der Waals surface area contributed by atoms with Gasteiger partial charge in [-0.3, -0.25) is 4.79 Å². The van der Waals surface area contributed by atoms with Gasteiger partial charge in [-0.2, -0.15) is 5.10 Å². The summed E-state index contributed by atoms with van der Waals surface area (Å²) in [6.07, 6.45) is 1.64. The second kappa shape index (κ2) is 6.01. The molecule has 5 nitrogen and oxygen atoms in total. The number of rotatable bonds is 4. The van der Waals surface area contributed by atoms with Crippen LogP contribution in [0, 0.1) is 5.82 Å². The number of hydrogen-bond donors (Lipinski definition) is 2. The molecule has 1 amide bonds. The quantitative estimate of drug-likeness (QED) is 0.664. The first-order chi connectivity index (χ1) is 9.61. The SMILES string of the molecule is COc1ccc(/C(C)=N\NC(=O)c2ccc[nH]2)cc1F. The number of H-pyrrole nitrogens is 1. The Morgan fingerprint density at radius 1 is 1.40 bits per heavy atom. The van der Waals surface area contributed by atoms with Gasteiger partial charge in [0.15, 0.2) is 11.6 Å². The highest BCUT2D eigenvalue weighted by Gasteiger charge is 2.07. The molecule has 0 unspecified atom stereocenters. The van der Waals surface area contributed by atoms with E-state index in [9.17, 15) is 9.18 Å². The molecule has 1 aromatic heterocycles. The third-order valence-corrected chi connectivity index (χ3v) is 2.74. The Morgan fingerprint density at radius 2 is 2.20 bits per heavy atom. The minimum Gasteiger partial charge on any atom is -0.494 e. The van der Waals surface area contributed by atoms with Crippen molar-refractivity contribution in [3.8, 4) is 5.75 Å². The molecule has 104 valence electrons. The molecule has 0 spiro atoms. The molecular formula is C14H14FN3O2. The third-order valence-electron chi connectivity index (χ3n) is 2.74. The molecule has 0 aliphatic carbocycles. The summed E-state index contributed by atoms with van der Waals surface area (Å²) in [5.41, 5.74) is 3.86. The first kappa shape index (κ1) is 13.8. The minimum absolute atomic E-state index is 0.164. The van der Waals surface area contributed by atoms with Gasteiger partial charge in [0.2, 0.25) is 0 Å². The van der Waals surface area contributed by atoms with Crippen molar-refractivity contribution in [2.45, 2.75) is 6.92 Å². The van der Waals surface area contributed by atoms with E-state index in [1.54, 1.807) is 31.3 Å². The first-order valence-electron chi connectivity index (χ1n) is 5.93. The highest BCUT2D eigenvalue weighted by atomic mass is 19.1. The fourth-order valence-corrected chi connectivity index (χ4v) is 1.62. The lowest BCUT2D eigenvalue weighted by Crippen LogP contribution is -2.19. The van der Waals surface area contributed by atoms with Crippen LogP contribution in [0.25, 0.3) is 0 Å². The van der Waals surface area contributed by atoms with Crippen molar-refractivity contribution in [2.75, 3.05) is 7.11 Å². The van der Waals surface area contributed by atoms with E-state index in [1.807, 2.05) is 0 Å². The molecule has 2 aromatic rings. The maximum atomic E-state index is 13.6. The van der Waals surface area contributed by atoms with Gasteiger partial charge in [0.1, 0.15) is 5.69 Å². The van der Waals surface area contributed by atoms with Gasteiger partial charge in [0.25, 0.3) is 5.91 Å². The number of methoxy groups -OCH3 is 1. The van der Waals surface area contributed by atoms with Crippen LogP contribution in [0.3, 0.4) is 0 Å². The van der Waals surface area contributed by atoms with E-state index in [4.69, 9.17) is 4.74 Å². The van der Waals surface area contributed by atoms with Crippen LogP contribution < -0.4 is 10.2 Å². The number of aromatic nitrogens is 1. The van der Waals surface area contributed by atoms with Crippen LogP contribution in [0.5, 0.6) is 5.75 Å². The number of nitrogens with zero attached hydrogens (tertiary/aromatic N) is 1. The Hall–Kier alpha value is -2.63. The maximum absolute atomic E-state index is 13.6. The van der Waals surface area contributed by atoms with E-state index >= 15 is 0 Å². The van der Waals surface area contributed by atoms with Crippen molar-refractivity contribution < 1.29 is 13.9 Å². The van der Waals surface area contributed by atoms with Gasteiger partial charge in [0, 0.05) is 11.8 Å². The van der Waals surface area contributed by atoms with Crippen LogP contribution in [0.15, 0.2) is 41.6 Å². The molecule has 0 aliphatic rings. The van der Waals surface area contributed by atoms with E-state index < -0.39 is 5.82 Å². The van der Waals surface area contributed by atoms with Gasteiger partial charge in [-0.25, -0.2) is 9.82 Å². The van der Waals surface area contributed by atoms with Gasteiger partial charge in [-0.05, 0) is 37.3 Å². The fraction of sp³-hybridized carbons (Fsp3) is 0.143. The lowest BCUT2D eigenvalue weighted by molar-refractivity contribution is 0.0950. The van der Waals surface area contributed by atoms with Crippen molar-refractivity contribution >= 4 is 11.6 Å². The molecule has 1 heterocycles. The number of ether oxygens (including phenoxy) is 1. The second-order valence-electron chi connectivity index (χ2n) is 4.07. The number of nitrogens with one attached hydrogen (secondary N) is 2. The highest BCUT2D eigenvalue weighted by molar-refractivity contribution is 6.00. The number of amides is 1. The predicted molar refractivity (Wildman–Crippen MR) is 73.4 cm³/mol. The number of hydrogen-bond acceptors (Lipinski definition) is 3. The average molecular weight is 275 g/mol. The lowest BCUT2D eigenvalue weighted by atomic mass is 10.1. The number of aromatic amines is 1. The predicted octanol–water partition coefficient (Wildman–Crippen LogP) is 2.32. The number of carbonyl (C=O) groups is 1. The van der Waals surface area contributed by atoms with Crippen LogP contribution in [0.1, 0.15) is 23.0 Å². The van der Waals surface area contributed by atoms with Gasteiger partial charge in [-0.15, -0.1) is 0 Å². The Morgan fingerprint density at radius 3 is 2.80 bits per heavy atom. The zero-order chi connectivity index (χ0) is 14.5. The Kier molecular flexibility index (Phi) is 4.14. The molecule has 0 saturated carbocycles. The van der Waals surface area contributed by atoms with Crippen LogP contribution >= 0.6 is 0 Å². The number of benzene rings is 1. The van der Waals surface area contributed by atoms with Crippen LogP contribution in [0.4, 0.5) is 4.39 Å². The molecule has 2 rings (SSSR count). The van der Waals surface area contributed by atoms with Crippen molar-refractivity contribution in [3.63, 3.8) is 0 Å². The molecule has 0 atom stereocenters. The monoisotopic (exact) mass is 275 g/mol. The molecule has 0 bridgehead atoms. The summed E-state index contributed by atoms with van der Waals surface area (Å²) in [6, 6.07) is 7.83. The summed E-state index contributed by atoms with van der Waals surface area (Å²) >= 11 is 0. The molecule has 20 heavy (non-hydrogen) atoms. The molecule has 1 aromatic carbocycles. The Bertz CT molecular complexity index is 636. The summed E-state index contributed by atoms with van der Waals surface area (Å²) in [4.78, 5) is 14.4. The second-order valence-corrected chi connectivity index (χ2v) is 4.07. The molecule has 0 radical (unpaired) electrons. The molecule has 0 fully saturated rings. The number of carbonyl (C=O) groups excluding carboxylic acids is 1. The maximum Gasteiger partial charge on any atom is 0.287 e. The van der Waals surface area contributed by atoms with Crippen molar-refractivity contribution in [1.82, 2.24) is 10.4 Å². The van der Waals surface area contributed by atoms with Crippen molar-refractivity contribution in [3.05, 3.63) is 53.6 Å². The lowest BCUT2D eigenvalue weighted by Gasteiger charge is -2.05. The normalized spacial score (nSPS) is 11.2. The first-order valence-corrected chi connectivity index (χ1v) is 5.93. The smallest absolute Gasteiger partial charge is 0.287 e. The zero-order valence-corrected chi connectivity index (χ0v) is 11.1. The number of hydrazone groups is 1. The van der Waals surface area contributed by atoms with Crippen molar-refractivity contribution in [1.29, 1.82) is 0 Å². The molecule has 0 saturated heterocycles. The third kappa shape index (κ3) is 3.03. The summed E-state index contributed by atoms with van der Waals surface area (Å²) in [6.45, 7) is 1.68. The van der Waals surface area contributed by atoms with E-state index in [2.05, 4.69) is 15.5 Å². The van der Waals surface area contributed by atoms with Crippen LogP contribution in [0.2, 0.25) is 0 Å². The van der Waals surface area contributed by atoms with Gasteiger partial charge >= 0.3 is 0 Å². The van der Waals surface area contributed by atoms with Crippen LogP contribution in [-0.4, -0.2) is 23.7 Å². The van der Waals surface area contributed by atoms with Gasteiger partial charge in [0.05, 0.1) is 12.8 Å². The summed E-state index contributed by atoms with van der Waals surface area (Å²) < 4.78 is 18.4. The molecule has 2 N–H and O–H groups in total. The summed E-state index contributed by atoms with van der Waals surface area (Å²) in [5.74, 6) is -0.671. The standard InChI is InChI=1S/C14H14FN3O2/c1-9(10-5-6-13(20-2)11(15)8-10)17-18-14(19)12-4-3-7-16-12/h3-8,16H,1-2H3,(H,18,19)/b17-9-. The largest absolute Gasteiger partial charge is 0.494 e. The van der Waals surface area contributed by atoms with Crippen LogP contribution in [-0.2, 0) is 0 Å². The summed E-state index contributed by atoms with van der Waals surface area (Å²) in [5, 5.41) is 3.94. The zero-order valence-electron chi connectivity index (χ0n) is 11.1. The number of halogens is 1. The highest BCUT2D eigenvalue weighted by Crippen LogP contribution is 2.17. The van der Waals surface area contributed by atoms with Crippen molar-refractivity contribution in [2.24, 2.45) is 5.10 Å². The minimum atomic E-state index is -0.477. The van der Waals surface area contributed by atoms with Gasteiger partial charge < -0.3 is 9.72 Å². The molecular weight excluding hydrogens is 261 g/mol. The topological polar surface area (TPSA) is 66.5 Å². The molecule has 6 heteroatoms. The van der Waals surface area contributed by atoms with E-state index in [1.165, 1.54) is 19.2 Å². The molecule has 0 aliphatic heterocycles.